The van der Waals surface area contributed by atoms with Gasteiger partial charge in [-0.2, -0.15) is 0 Å². The van der Waals surface area contributed by atoms with Gasteiger partial charge in [0.2, 0.25) is 0 Å². The van der Waals surface area contributed by atoms with Crippen LogP contribution >= 0.6 is 0 Å². The highest BCUT2D eigenvalue weighted by Crippen LogP contribution is 2.12. The Kier molecular flexibility index (Phi) is 3.13. The molecule has 1 aromatic carbocycles. The van der Waals surface area contributed by atoms with E-state index in [4.69, 9.17) is 4.42 Å². The number of para-hydroxylation sites is 1. The van der Waals surface area contributed by atoms with E-state index < -0.39 is 0 Å². The molecule has 3 rings (SSSR count). The molecule has 2 aromatic heterocycles. The predicted molar refractivity (Wildman–Crippen MR) is 60.5 cm³/mol. The van der Waals surface area contributed by atoms with Gasteiger partial charge in [0.25, 0.3) is 0 Å². The Balaban J connectivity index is 0.000000124. The lowest BCUT2D eigenvalue weighted by Crippen LogP contribution is -1.58. The zero-order chi connectivity index (χ0) is 10.3. The molecule has 0 aliphatic heterocycles. The van der Waals surface area contributed by atoms with Crippen LogP contribution in [0.5, 0.6) is 0 Å². The minimum atomic E-state index is 0.956. The van der Waals surface area contributed by atoms with Gasteiger partial charge >= 0.3 is 0 Å². The Morgan fingerprint density at radius 3 is 2.20 bits per heavy atom. The van der Waals surface area contributed by atoms with Crippen LogP contribution in [0, 0.1) is 0 Å². The minimum Gasteiger partial charge on any atom is -0.464 e. The van der Waals surface area contributed by atoms with Crippen molar-refractivity contribution < 1.29 is 4.42 Å². The molecule has 0 aliphatic carbocycles. The monoisotopic (exact) mass is 197 g/mol. The molecule has 0 N–H and O–H groups in total. The maximum atomic E-state index is 5.12. The van der Waals surface area contributed by atoms with E-state index in [1.54, 1.807) is 18.7 Å². The summed E-state index contributed by atoms with van der Waals surface area (Å²) in [5.41, 5.74) is 0.956. The molecule has 0 fully saturated rings. The Morgan fingerprint density at radius 1 is 0.800 bits per heavy atom. The third-order valence-corrected chi connectivity index (χ3v) is 1.93. The number of pyridine rings is 1. The normalized spacial score (nSPS) is 9.33. The van der Waals surface area contributed by atoms with Crippen LogP contribution in [0.2, 0.25) is 0 Å². The number of aromatic nitrogens is 1. The van der Waals surface area contributed by atoms with E-state index in [-0.39, 0.29) is 0 Å². The van der Waals surface area contributed by atoms with Crippen molar-refractivity contribution in [2.75, 3.05) is 0 Å². The molecule has 2 heterocycles. The molecule has 0 saturated carbocycles. The zero-order valence-electron chi connectivity index (χ0n) is 8.21. The molecule has 0 spiro atoms. The van der Waals surface area contributed by atoms with Crippen molar-refractivity contribution in [2.45, 2.75) is 0 Å². The molecular formula is C13H11NO. The SMILES string of the molecule is c1ccc2occc2c1.c1ccncc1. The highest BCUT2D eigenvalue weighted by Gasteiger charge is 1.89. The van der Waals surface area contributed by atoms with E-state index in [9.17, 15) is 0 Å². The van der Waals surface area contributed by atoms with Crippen LogP contribution in [0.15, 0.2) is 71.6 Å². The molecule has 0 aliphatic rings. The second-order valence-electron chi connectivity index (χ2n) is 2.98. The molecular weight excluding hydrogens is 186 g/mol. The molecule has 15 heavy (non-hydrogen) atoms. The molecule has 0 bridgehead atoms. The van der Waals surface area contributed by atoms with Gasteiger partial charge < -0.3 is 4.42 Å². The molecule has 74 valence electrons. The zero-order valence-corrected chi connectivity index (χ0v) is 8.21. The Morgan fingerprint density at radius 2 is 1.60 bits per heavy atom. The van der Waals surface area contributed by atoms with Gasteiger partial charge in [-0.15, -0.1) is 0 Å². The summed E-state index contributed by atoms with van der Waals surface area (Å²) < 4.78 is 5.12. The fourth-order valence-corrected chi connectivity index (χ4v) is 1.22. The summed E-state index contributed by atoms with van der Waals surface area (Å²) in [5, 5.41) is 1.16. The fraction of sp³-hybridized carbons (Fsp3) is 0. The molecule has 2 heteroatoms. The van der Waals surface area contributed by atoms with Crippen LogP contribution < -0.4 is 0 Å². The largest absolute Gasteiger partial charge is 0.464 e. The highest BCUT2D eigenvalue weighted by molar-refractivity contribution is 5.76. The van der Waals surface area contributed by atoms with Gasteiger partial charge in [-0.05, 0) is 24.3 Å². The topological polar surface area (TPSA) is 26.0 Å². The van der Waals surface area contributed by atoms with Crippen molar-refractivity contribution in [1.29, 1.82) is 0 Å². The van der Waals surface area contributed by atoms with E-state index in [2.05, 4.69) is 4.98 Å². The van der Waals surface area contributed by atoms with E-state index >= 15 is 0 Å². The van der Waals surface area contributed by atoms with Crippen LogP contribution in [0.4, 0.5) is 0 Å². The van der Waals surface area contributed by atoms with E-state index in [1.165, 1.54) is 0 Å². The lowest BCUT2D eigenvalue weighted by Gasteiger charge is -1.81. The number of hydrogen-bond acceptors (Lipinski definition) is 2. The van der Waals surface area contributed by atoms with Crippen molar-refractivity contribution in [3.63, 3.8) is 0 Å². The van der Waals surface area contributed by atoms with Gasteiger partial charge in [-0.1, -0.05) is 24.3 Å². The summed E-state index contributed by atoms with van der Waals surface area (Å²) in [4.78, 5) is 3.78. The summed E-state index contributed by atoms with van der Waals surface area (Å²) in [6, 6.07) is 15.6. The third kappa shape index (κ3) is 2.68. The first-order valence-electron chi connectivity index (χ1n) is 4.74. The van der Waals surface area contributed by atoms with Gasteiger partial charge in [-0.25, -0.2) is 0 Å². The minimum absolute atomic E-state index is 0.956. The fourth-order valence-electron chi connectivity index (χ4n) is 1.22. The Bertz CT molecular complexity index is 445. The van der Waals surface area contributed by atoms with Crippen LogP contribution in [-0.4, -0.2) is 4.98 Å². The molecule has 0 amide bonds. The molecule has 2 nitrogen and oxygen atoms in total. The summed E-state index contributed by atoms with van der Waals surface area (Å²) in [6.45, 7) is 0. The Labute approximate surface area is 88.2 Å². The van der Waals surface area contributed by atoms with Crippen molar-refractivity contribution in [2.24, 2.45) is 0 Å². The average molecular weight is 197 g/mol. The molecule has 0 saturated heterocycles. The maximum absolute atomic E-state index is 5.12. The van der Waals surface area contributed by atoms with E-state index in [0.29, 0.717) is 0 Å². The molecule has 3 aromatic rings. The summed E-state index contributed by atoms with van der Waals surface area (Å²) in [5.74, 6) is 0. The summed E-state index contributed by atoms with van der Waals surface area (Å²) in [7, 11) is 0. The van der Waals surface area contributed by atoms with Gasteiger partial charge in [0, 0.05) is 17.8 Å². The quantitative estimate of drug-likeness (QED) is 0.551. The highest BCUT2D eigenvalue weighted by atomic mass is 16.3. The van der Waals surface area contributed by atoms with Crippen molar-refractivity contribution in [1.82, 2.24) is 4.98 Å². The van der Waals surface area contributed by atoms with Crippen molar-refractivity contribution in [3.8, 4) is 0 Å². The molecule has 0 radical (unpaired) electrons. The third-order valence-electron chi connectivity index (χ3n) is 1.93. The number of hydrogen-bond donors (Lipinski definition) is 0. The second kappa shape index (κ2) is 4.96. The lowest BCUT2D eigenvalue weighted by molar-refractivity contribution is 0.616. The average Bonchev–Trinajstić information content (AvgIpc) is 2.80. The smallest absolute Gasteiger partial charge is 0.133 e. The predicted octanol–water partition coefficient (Wildman–Crippen LogP) is 3.51. The second-order valence-corrected chi connectivity index (χ2v) is 2.98. The van der Waals surface area contributed by atoms with Crippen LogP contribution in [-0.2, 0) is 0 Å². The number of fused-ring (bicyclic) bond motifs is 1. The molecule has 0 unspecified atom stereocenters. The standard InChI is InChI=1S/C8H6O.C5H5N/c1-2-4-8-7(3-1)5-6-9-8;1-2-4-6-5-3-1/h1-6H;1-5H. The van der Waals surface area contributed by atoms with E-state index in [0.717, 1.165) is 11.0 Å². The van der Waals surface area contributed by atoms with Gasteiger partial charge in [0.1, 0.15) is 5.58 Å². The first-order chi connectivity index (χ1) is 7.47. The number of nitrogens with zero attached hydrogens (tertiary/aromatic N) is 1. The number of rotatable bonds is 0. The first kappa shape index (κ1) is 9.46. The van der Waals surface area contributed by atoms with Crippen molar-refractivity contribution >= 4 is 11.0 Å². The Hall–Kier alpha value is -2.09. The van der Waals surface area contributed by atoms with Crippen molar-refractivity contribution in [3.05, 3.63) is 67.2 Å². The maximum Gasteiger partial charge on any atom is 0.133 e. The van der Waals surface area contributed by atoms with Crippen LogP contribution in [0.1, 0.15) is 0 Å². The van der Waals surface area contributed by atoms with Crippen LogP contribution in [0.3, 0.4) is 0 Å². The number of benzene rings is 1. The first-order valence-corrected chi connectivity index (χ1v) is 4.74. The van der Waals surface area contributed by atoms with Gasteiger partial charge in [-0.3, -0.25) is 4.98 Å². The van der Waals surface area contributed by atoms with Gasteiger partial charge in [0.05, 0.1) is 6.26 Å². The van der Waals surface area contributed by atoms with E-state index in [1.807, 2.05) is 48.5 Å². The van der Waals surface area contributed by atoms with Gasteiger partial charge in [0.15, 0.2) is 0 Å². The summed E-state index contributed by atoms with van der Waals surface area (Å²) >= 11 is 0. The lowest BCUT2D eigenvalue weighted by atomic mass is 10.3. The molecule has 0 atom stereocenters. The number of furan rings is 1. The van der Waals surface area contributed by atoms with Crippen LogP contribution in [0.25, 0.3) is 11.0 Å². The summed E-state index contributed by atoms with van der Waals surface area (Å²) in [6.07, 6.45) is 5.20.